The molecule has 2 unspecified atom stereocenters. The van der Waals surface area contributed by atoms with Gasteiger partial charge in [-0.25, -0.2) is 13.2 Å². The van der Waals surface area contributed by atoms with E-state index in [0.717, 1.165) is 29.6 Å². The fourth-order valence-electron chi connectivity index (χ4n) is 4.87. The maximum Gasteiger partial charge on any atom is 0.411 e. The Bertz CT molecular complexity index is 1170. The van der Waals surface area contributed by atoms with Crippen molar-refractivity contribution in [2.45, 2.75) is 42.3 Å². The van der Waals surface area contributed by atoms with E-state index in [1.54, 1.807) is 4.90 Å². The molecule has 1 aromatic heterocycles. The number of amides is 2. The molecule has 2 amide bonds. The molecule has 0 saturated carbocycles. The molecular weight excluding hydrogens is 460 g/mol. The summed E-state index contributed by atoms with van der Waals surface area (Å²) in [5.41, 5.74) is 2.37. The highest BCUT2D eigenvalue weighted by Gasteiger charge is 2.50. The number of sulfone groups is 1. The summed E-state index contributed by atoms with van der Waals surface area (Å²) in [5, 5.41) is 1.41. The SMILES string of the molecule is CS(=O)(=O)c1csc(C(=O)N2CCC(N3C(=O)OC4Cc5ccccc5C43)CC2)c1Cl. The van der Waals surface area contributed by atoms with Crippen LogP contribution in [0.25, 0.3) is 0 Å². The molecule has 2 aliphatic heterocycles. The second-order valence-corrected chi connectivity index (χ2v) is 11.5. The van der Waals surface area contributed by atoms with Crippen LogP contribution in [0.5, 0.6) is 0 Å². The van der Waals surface area contributed by atoms with Crippen molar-refractivity contribution >= 4 is 44.8 Å². The fraction of sp³-hybridized carbons (Fsp3) is 0.429. The van der Waals surface area contributed by atoms with Gasteiger partial charge in [-0.3, -0.25) is 9.69 Å². The average Bonchev–Trinajstić information content (AvgIpc) is 3.38. The lowest BCUT2D eigenvalue weighted by atomic mass is 9.99. The molecule has 0 radical (unpaired) electrons. The minimum atomic E-state index is -3.49. The van der Waals surface area contributed by atoms with Crippen LogP contribution < -0.4 is 0 Å². The molecule has 164 valence electrons. The maximum absolute atomic E-state index is 13.0. The smallest absolute Gasteiger partial charge is 0.411 e. The van der Waals surface area contributed by atoms with Crippen molar-refractivity contribution in [3.63, 3.8) is 0 Å². The third-order valence-electron chi connectivity index (χ3n) is 6.35. The summed E-state index contributed by atoms with van der Waals surface area (Å²) in [6.07, 6.45) is 2.64. The number of halogens is 1. The minimum Gasteiger partial charge on any atom is -0.443 e. The number of carbonyl (C=O) groups is 2. The van der Waals surface area contributed by atoms with Crippen molar-refractivity contribution in [1.82, 2.24) is 9.80 Å². The van der Waals surface area contributed by atoms with Gasteiger partial charge in [0.1, 0.15) is 11.0 Å². The van der Waals surface area contributed by atoms with Gasteiger partial charge in [-0.05, 0) is 24.0 Å². The summed E-state index contributed by atoms with van der Waals surface area (Å²) in [4.78, 5) is 29.3. The summed E-state index contributed by atoms with van der Waals surface area (Å²) in [6, 6.07) is 8.05. The molecule has 2 saturated heterocycles. The maximum atomic E-state index is 13.0. The van der Waals surface area contributed by atoms with Crippen LogP contribution in [-0.2, 0) is 21.0 Å². The summed E-state index contributed by atoms with van der Waals surface area (Å²) in [7, 11) is -3.49. The Morgan fingerprint density at radius 1 is 1.23 bits per heavy atom. The van der Waals surface area contributed by atoms with Gasteiger partial charge >= 0.3 is 6.09 Å². The Morgan fingerprint density at radius 3 is 2.61 bits per heavy atom. The average molecular weight is 481 g/mol. The Morgan fingerprint density at radius 2 is 1.94 bits per heavy atom. The van der Waals surface area contributed by atoms with Gasteiger partial charge in [0.05, 0.1) is 16.0 Å². The zero-order valence-corrected chi connectivity index (χ0v) is 19.2. The monoisotopic (exact) mass is 480 g/mol. The zero-order chi connectivity index (χ0) is 21.9. The van der Waals surface area contributed by atoms with Crippen LogP contribution in [0.4, 0.5) is 4.79 Å². The van der Waals surface area contributed by atoms with Gasteiger partial charge in [0, 0.05) is 37.2 Å². The first kappa shape index (κ1) is 20.8. The molecule has 3 aliphatic rings. The number of carbonyl (C=O) groups excluding carboxylic acids is 2. The topological polar surface area (TPSA) is 84.0 Å². The number of fused-ring (bicyclic) bond motifs is 3. The molecule has 5 rings (SSSR count). The van der Waals surface area contributed by atoms with Crippen LogP contribution in [0.2, 0.25) is 5.02 Å². The lowest BCUT2D eigenvalue weighted by molar-refractivity contribution is 0.0640. The standard InChI is InChI=1S/C21H21ClN2O5S2/c1-31(27,28)16-11-30-19(17(16)22)20(25)23-8-6-13(7-9-23)24-18-14-5-3-2-4-12(14)10-15(18)29-21(24)26/h2-5,11,13,15,18H,6-10H2,1H3. The van der Waals surface area contributed by atoms with Crippen molar-refractivity contribution < 1.29 is 22.7 Å². The number of thiophene rings is 1. The van der Waals surface area contributed by atoms with Crippen molar-refractivity contribution in [1.29, 1.82) is 0 Å². The van der Waals surface area contributed by atoms with Crippen molar-refractivity contribution in [2.24, 2.45) is 0 Å². The predicted molar refractivity (Wildman–Crippen MR) is 116 cm³/mol. The van der Waals surface area contributed by atoms with Crippen LogP contribution in [-0.4, -0.2) is 61.7 Å². The van der Waals surface area contributed by atoms with Crippen LogP contribution in [0.3, 0.4) is 0 Å². The molecule has 7 nitrogen and oxygen atoms in total. The van der Waals surface area contributed by atoms with Crippen molar-refractivity contribution in [2.75, 3.05) is 19.3 Å². The number of likely N-dealkylation sites (tertiary alicyclic amines) is 1. The molecule has 2 atom stereocenters. The predicted octanol–water partition coefficient (Wildman–Crippen LogP) is 3.53. The first-order chi connectivity index (χ1) is 14.8. The quantitative estimate of drug-likeness (QED) is 0.671. The van der Waals surface area contributed by atoms with Gasteiger partial charge in [-0.2, -0.15) is 0 Å². The zero-order valence-electron chi connectivity index (χ0n) is 16.8. The van der Waals surface area contributed by atoms with Gasteiger partial charge < -0.3 is 9.64 Å². The van der Waals surface area contributed by atoms with Gasteiger partial charge in [-0.15, -0.1) is 11.3 Å². The van der Waals surface area contributed by atoms with E-state index in [4.69, 9.17) is 16.3 Å². The molecule has 1 aromatic carbocycles. The number of hydrogen-bond acceptors (Lipinski definition) is 6. The second-order valence-electron chi connectivity index (χ2n) is 8.22. The van der Waals surface area contributed by atoms with Gasteiger partial charge in [0.15, 0.2) is 9.84 Å². The van der Waals surface area contributed by atoms with E-state index in [2.05, 4.69) is 12.1 Å². The molecule has 0 N–H and O–H groups in total. The summed E-state index contributed by atoms with van der Waals surface area (Å²) >= 11 is 7.25. The number of benzene rings is 1. The largest absolute Gasteiger partial charge is 0.443 e. The molecule has 2 aromatic rings. The number of hydrogen-bond donors (Lipinski definition) is 0. The first-order valence-electron chi connectivity index (χ1n) is 10.1. The Kier molecular flexibility index (Phi) is 5.02. The molecule has 0 spiro atoms. The van der Waals surface area contributed by atoms with Crippen molar-refractivity contribution in [3.8, 4) is 0 Å². The molecule has 2 fully saturated rings. The summed E-state index contributed by atoms with van der Waals surface area (Å²) in [6.45, 7) is 0.934. The van der Waals surface area contributed by atoms with E-state index in [1.165, 1.54) is 10.9 Å². The van der Waals surface area contributed by atoms with E-state index in [0.29, 0.717) is 25.9 Å². The number of ether oxygens (including phenoxy) is 1. The summed E-state index contributed by atoms with van der Waals surface area (Å²) < 4.78 is 29.3. The third-order valence-corrected chi connectivity index (χ3v) is 9.20. The fourth-order valence-corrected chi connectivity index (χ4v) is 7.74. The van der Waals surface area contributed by atoms with E-state index >= 15 is 0 Å². The highest BCUT2D eigenvalue weighted by atomic mass is 35.5. The van der Waals surface area contributed by atoms with Crippen LogP contribution in [0.1, 0.15) is 39.7 Å². The van der Waals surface area contributed by atoms with Crippen LogP contribution in [0, 0.1) is 0 Å². The molecule has 31 heavy (non-hydrogen) atoms. The Labute approximate surface area is 189 Å². The van der Waals surface area contributed by atoms with Gasteiger partial charge in [0.25, 0.3) is 5.91 Å². The Balaban J connectivity index is 1.30. The molecular formula is C21H21ClN2O5S2. The second kappa shape index (κ2) is 7.50. The van der Waals surface area contributed by atoms with E-state index in [9.17, 15) is 18.0 Å². The highest BCUT2D eigenvalue weighted by Crippen LogP contribution is 2.45. The lowest BCUT2D eigenvalue weighted by Gasteiger charge is -2.37. The Hall–Kier alpha value is -2.10. The molecule has 10 heteroatoms. The number of piperidine rings is 1. The van der Waals surface area contributed by atoms with E-state index in [1.807, 2.05) is 17.0 Å². The van der Waals surface area contributed by atoms with E-state index < -0.39 is 9.84 Å². The van der Waals surface area contributed by atoms with Crippen LogP contribution in [0.15, 0.2) is 34.5 Å². The van der Waals surface area contributed by atoms with Gasteiger partial charge in [-0.1, -0.05) is 35.9 Å². The van der Waals surface area contributed by atoms with E-state index in [-0.39, 0.29) is 45.0 Å². The third kappa shape index (κ3) is 3.43. The minimum absolute atomic E-state index is 0.00634. The molecule has 1 aliphatic carbocycles. The summed E-state index contributed by atoms with van der Waals surface area (Å²) in [5.74, 6) is -0.267. The molecule has 3 heterocycles. The molecule has 0 bridgehead atoms. The highest BCUT2D eigenvalue weighted by molar-refractivity contribution is 7.91. The van der Waals surface area contributed by atoms with Crippen molar-refractivity contribution in [3.05, 3.63) is 50.7 Å². The first-order valence-corrected chi connectivity index (χ1v) is 13.2. The van der Waals surface area contributed by atoms with Gasteiger partial charge in [0.2, 0.25) is 0 Å². The number of rotatable bonds is 3. The normalized spacial score (nSPS) is 23.6. The van der Waals surface area contributed by atoms with Crippen LogP contribution >= 0.6 is 22.9 Å². The number of nitrogens with zero attached hydrogens (tertiary/aromatic N) is 2. The lowest BCUT2D eigenvalue weighted by Crippen LogP contribution is -2.47.